The van der Waals surface area contributed by atoms with E-state index < -0.39 is 0 Å². The highest BCUT2D eigenvalue weighted by molar-refractivity contribution is 7.09. The lowest BCUT2D eigenvalue weighted by atomic mass is 10.1. The Kier molecular flexibility index (Phi) is 7.26. The number of aromatic nitrogens is 1. The van der Waals surface area contributed by atoms with Gasteiger partial charge in [-0.1, -0.05) is 13.8 Å². The first-order valence-electron chi connectivity index (χ1n) is 8.61. The second kappa shape index (κ2) is 9.43. The molecule has 1 heterocycles. The molecule has 0 aliphatic rings. The first kappa shape index (κ1) is 20.0. The van der Waals surface area contributed by atoms with Gasteiger partial charge in [-0.2, -0.15) is 0 Å². The molecule has 0 spiro atoms. The summed E-state index contributed by atoms with van der Waals surface area (Å²) in [6, 6.07) is 5.76. The minimum absolute atomic E-state index is 0.00657. The molecule has 1 atom stereocenters. The van der Waals surface area contributed by atoms with Crippen molar-refractivity contribution in [2.24, 2.45) is 4.99 Å². The zero-order valence-corrected chi connectivity index (χ0v) is 17.1. The lowest BCUT2D eigenvalue weighted by molar-refractivity contribution is 0.394. The fraction of sp³-hybridized carbons (Fsp3) is 0.474. The number of benzene rings is 1. The molecule has 0 amide bonds. The van der Waals surface area contributed by atoms with Crippen LogP contribution in [0, 0.1) is 0 Å². The monoisotopic (exact) mass is 376 g/mol. The largest absolute Gasteiger partial charge is 0.497 e. The normalized spacial score (nSPS) is 12.8. The highest BCUT2D eigenvalue weighted by atomic mass is 32.1. The molecule has 0 fully saturated rings. The molecular formula is C19H28N4O2S. The van der Waals surface area contributed by atoms with Crippen LogP contribution in [0.4, 0.5) is 0 Å². The average Bonchev–Trinajstić information content (AvgIpc) is 3.13. The van der Waals surface area contributed by atoms with Crippen molar-refractivity contribution >= 4 is 17.3 Å². The summed E-state index contributed by atoms with van der Waals surface area (Å²) >= 11 is 1.69. The number of thiazole rings is 1. The number of aliphatic imine (C=N–C) groups is 1. The van der Waals surface area contributed by atoms with Crippen LogP contribution in [0.5, 0.6) is 11.5 Å². The summed E-state index contributed by atoms with van der Waals surface area (Å²) in [5, 5.41) is 9.94. The minimum atomic E-state index is -0.00657. The second-order valence-corrected chi connectivity index (χ2v) is 7.12. The van der Waals surface area contributed by atoms with E-state index in [1.807, 2.05) is 18.2 Å². The SMILES string of the molecule is CN=C(NCc1csc(C(C)C)n1)NC(C)c1cc(OC)ccc1OC. The van der Waals surface area contributed by atoms with Gasteiger partial charge in [0.15, 0.2) is 5.96 Å². The van der Waals surface area contributed by atoms with Crippen molar-refractivity contribution in [2.45, 2.75) is 39.3 Å². The number of guanidine groups is 1. The fourth-order valence-electron chi connectivity index (χ4n) is 2.50. The maximum Gasteiger partial charge on any atom is 0.191 e. The molecule has 1 unspecified atom stereocenters. The van der Waals surface area contributed by atoms with Gasteiger partial charge in [-0.15, -0.1) is 11.3 Å². The van der Waals surface area contributed by atoms with Gasteiger partial charge in [-0.25, -0.2) is 4.98 Å². The average molecular weight is 377 g/mol. The van der Waals surface area contributed by atoms with Crippen LogP contribution >= 0.6 is 11.3 Å². The number of hydrogen-bond donors (Lipinski definition) is 2. The summed E-state index contributed by atoms with van der Waals surface area (Å²) in [7, 11) is 5.08. The predicted octanol–water partition coefficient (Wildman–Crippen LogP) is 3.71. The summed E-state index contributed by atoms with van der Waals surface area (Å²) in [4.78, 5) is 8.95. The first-order chi connectivity index (χ1) is 12.5. The quantitative estimate of drug-likeness (QED) is 0.569. The molecular weight excluding hydrogens is 348 g/mol. The Hall–Kier alpha value is -2.28. The summed E-state index contributed by atoms with van der Waals surface area (Å²) < 4.78 is 10.8. The van der Waals surface area contributed by atoms with Gasteiger partial charge in [0.25, 0.3) is 0 Å². The molecule has 6 nitrogen and oxygen atoms in total. The minimum Gasteiger partial charge on any atom is -0.497 e. The van der Waals surface area contributed by atoms with Crippen molar-refractivity contribution in [2.75, 3.05) is 21.3 Å². The zero-order chi connectivity index (χ0) is 19.1. The molecule has 1 aromatic carbocycles. The van der Waals surface area contributed by atoms with E-state index in [4.69, 9.17) is 9.47 Å². The highest BCUT2D eigenvalue weighted by Crippen LogP contribution is 2.29. The predicted molar refractivity (Wildman–Crippen MR) is 107 cm³/mol. The molecule has 2 N–H and O–H groups in total. The lowest BCUT2D eigenvalue weighted by Gasteiger charge is -2.20. The zero-order valence-electron chi connectivity index (χ0n) is 16.3. The van der Waals surface area contributed by atoms with Crippen LogP contribution in [0.25, 0.3) is 0 Å². The van der Waals surface area contributed by atoms with Gasteiger partial charge >= 0.3 is 0 Å². The van der Waals surface area contributed by atoms with Crippen LogP contribution in [0.2, 0.25) is 0 Å². The lowest BCUT2D eigenvalue weighted by Crippen LogP contribution is -2.38. The van der Waals surface area contributed by atoms with Crippen molar-refractivity contribution in [3.63, 3.8) is 0 Å². The van der Waals surface area contributed by atoms with Crippen molar-refractivity contribution < 1.29 is 9.47 Å². The number of methoxy groups -OCH3 is 2. The smallest absolute Gasteiger partial charge is 0.191 e. The first-order valence-corrected chi connectivity index (χ1v) is 9.49. The van der Waals surface area contributed by atoms with Crippen LogP contribution in [0.15, 0.2) is 28.6 Å². The Morgan fingerprint density at radius 3 is 2.58 bits per heavy atom. The Morgan fingerprint density at radius 1 is 1.23 bits per heavy atom. The van der Waals surface area contributed by atoms with Gasteiger partial charge in [0.05, 0.1) is 37.5 Å². The van der Waals surface area contributed by atoms with E-state index >= 15 is 0 Å². The van der Waals surface area contributed by atoms with E-state index in [1.165, 1.54) is 0 Å². The third-order valence-electron chi connectivity index (χ3n) is 3.98. The molecule has 0 bridgehead atoms. The highest BCUT2D eigenvalue weighted by Gasteiger charge is 2.14. The molecule has 2 rings (SSSR count). The van der Waals surface area contributed by atoms with E-state index in [0.717, 1.165) is 27.8 Å². The van der Waals surface area contributed by atoms with E-state index in [-0.39, 0.29) is 6.04 Å². The molecule has 1 aromatic heterocycles. The van der Waals surface area contributed by atoms with Crippen LogP contribution in [-0.2, 0) is 6.54 Å². The van der Waals surface area contributed by atoms with Crippen LogP contribution in [0.3, 0.4) is 0 Å². The summed E-state index contributed by atoms with van der Waals surface area (Å²) in [6.45, 7) is 6.99. The van der Waals surface area contributed by atoms with E-state index in [1.54, 1.807) is 32.6 Å². The number of nitrogens with zero attached hydrogens (tertiary/aromatic N) is 2. The Bertz CT molecular complexity index is 743. The molecule has 0 saturated carbocycles. The molecule has 26 heavy (non-hydrogen) atoms. The summed E-state index contributed by atoms with van der Waals surface area (Å²) in [6.07, 6.45) is 0. The van der Waals surface area contributed by atoms with Gasteiger partial charge < -0.3 is 20.1 Å². The van der Waals surface area contributed by atoms with Crippen molar-refractivity contribution in [3.8, 4) is 11.5 Å². The topological polar surface area (TPSA) is 67.8 Å². The maximum atomic E-state index is 5.47. The third-order valence-corrected chi connectivity index (χ3v) is 5.17. The van der Waals surface area contributed by atoms with E-state index in [0.29, 0.717) is 18.4 Å². The second-order valence-electron chi connectivity index (χ2n) is 6.23. The van der Waals surface area contributed by atoms with Crippen LogP contribution in [-0.4, -0.2) is 32.2 Å². The van der Waals surface area contributed by atoms with Gasteiger partial charge in [-0.3, -0.25) is 4.99 Å². The summed E-state index contributed by atoms with van der Waals surface area (Å²) in [5.74, 6) is 2.76. The van der Waals surface area contributed by atoms with Gasteiger partial charge in [0.2, 0.25) is 0 Å². The van der Waals surface area contributed by atoms with Crippen LogP contribution in [0.1, 0.15) is 49.0 Å². The van der Waals surface area contributed by atoms with Gasteiger partial charge in [0.1, 0.15) is 11.5 Å². The molecule has 0 radical (unpaired) electrons. The van der Waals surface area contributed by atoms with E-state index in [2.05, 4.69) is 46.8 Å². The molecule has 7 heteroatoms. The number of hydrogen-bond acceptors (Lipinski definition) is 5. The fourth-order valence-corrected chi connectivity index (χ4v) is 3.33. The molecule has 0 saturated heterocycles. The summed E-state index contributed by atoms with van der Waals surface area (Å²) in [5.41, 5.74) is 2.03. The third kappa shape index (κ3) is 5.11. The molecule has 142 valence electrons. The van der Waals surface area contributed by atoms with Gasteiger partial charge in [-0.05, 0) is 25.1 Å². The number of rotatable bonds is 7. The Morgan fingerprint density at radius 2 is 2.00 bits per heavy atom. The standard InChI is InChI=1S/C19H28N4O2S/c1-12(2)18-23-14(11-26-18)10-21-19(20-4)22-13(3)16-9-15(24-5)7-8-17(16)25-6/h7-9,11-13H,10H2,1-6H3,(H2,20,21,22). The Labute approximate surface area is 159 Å². The van der Waals surface area contributed by atoms with Crippen molar-refractivity contribution in [1.82, 2.24) is 15.6 Å². The van der Waals surface area contributed by atoms with E-state index in [9.17, 15) is 0 Å². The Balaban J connectivity index is 2.02. The molecule has 2 aromatic rings. The van der Waals surface area contributed by atoms with Crippen molar-refractivity contribution in [3.05, 3.63) is 39.8 Å². The van der Waals surface area contributed by atoms with Crippen molar-refractivity contribution in [1.29, 1.82) is 0 Å². The maximum absolute atomic E-state index is 5.47. The van der Waals surface area contributed by atoms with Gasteiger partial charge in [0, 0.05) is 23.9 Å². The van der Waals surface area contributed by atoms with Crippen LogP contribution < -0.4 is 20.1 Å². The molecule has 0 aliphatic carbocycles. The number of ether oxygens (including phenoxy) is 2. The molecule has 0 aliphatic heterocycles. The number of nitrogens with one attached hydrogen (secondary N) is 2.